The number of amides is 1. The molecule has 1 N–H and O–H groups in total. The molecule has 0 radical (unpaired) electrons. The number of hydrogen-bond acceptors (Lipinski definition) is 3. The summed E-state index contributed by atoms with van der Waals surface area (Å²) in [5.41, 5.74) is 3.22. The van der Waals surface area contributed by atoms with E-state index in [9.17, 15) is 4.79 Å². The van der Waals surface area contributed by atoms with Gasteiger partial charge >= 0.3 is 0 Å². The molecule has 1 aromatic carbocycles. The van der Waals surface area contributed by atoms with E-state index in [0.717, 1.165) is 41.5 Å². The van der Waals surface area contributed by atoms with Crippen molar-refractivity contribution in [3.05, 3.63) is 71.7 Å². The summed E-state index contributed by atoms with van der Waals surface area (Å²) in [7, 11) is 0. The maximum atomic E-state index is 12.9. The van der Waals surface area contributed by atoms with Crippen molar-refractivity contribution in [3.8, 4) is 11.6 Å². The number of anilines is 1. The highest BCUT2D eigenvalue weighted by atomic mass is 16.5. The predicted octanol–water partition coefficient (Wildman–Crippen LogP) is 5.06. The van der Waals surface area contributed by atoms with Crippen LogP contribution in [0, 0.1) is 13.8 Å². The Morgan fingerprint density at radius 2 is 1.93 bits per heavy atom. The van der Waals surface area contributed by atoms with E-state index in [4.69, 9.17) is 4.74 Å². The molecule has 1 fully saturated rings. The lowest BCUT2D eigenvalue weighted by Gasteiger charge is -2.14. The van der Waals surface area contributed by atoms with Gasteiger partial charge in [0.15, 0.2) is 0 Å². The Morgan fingerprint density at radius 1 is 1.11 bits per heavy atom. The third-order valence-electron chi connectivity index (χ3n) is 5.25. The number of carbonyl (C=O) groups excluding carboxylic acids is 1. The van der Waals surface area contributed by atoms with E-state index >= 15 is 0 Å². The Hall–Kier alpha value is -3.08. The zero-order valence-corrected chi connectivity index (χ0v) is 16.3. The average Bonchev–Trinajstić information content (AvgIpc) is 3.30. The molecule has 2 heterocycles. The number of nitrogens with one attached hydrogen (secondary N) is 1. The first-order chi connectivity index (χ1) is 13.6. The fourth-order valence-electron chi connectivity index (χ4n) is 3.88. The van der Waals surface area contributed by atoms with Crippen molar-refractivity contribution in [2.24, 2.45) is 0 Å². The average molecular weight is 375 g/mol. The van der Waals surface area contributed by atoms with Crippen molar-refractivity contribution in [3.63, 3.8) is 0 Å². The minimum absolute atomic E-state index is 0.131. The smallest absolute Gasteiger partial charge is 0.257 e. The first kappa shape index (κ1) is 18.3. The number of aryl methyl sites for hydroxylation is 1. The van der Waals surface area contributed by atoms with Gasteiger partial charge in [-0.25, -0.2) is 4.98 Å². The van der Waals surface area contributed by atoms with Gasteiger partial charge in [-0.3, -0.25) is 4.79 Å². The quantitative estimate of drug-likeness (QED) is 0.678. The zero-order chi connectivity index (χ0) is 19.5. The largest absolute Gasteiger partial charge is 0.490 e. The van der Waals surface area contributed by atoms with E-state index in [1.165, 1.54) is 12.8 Å². The number of pyridine rings is 1. The van der Waals surface area contributed by atoms with Crippen LogP contribution < -0.4 is 10.1 Å². The van der Waals surface area contributed by atoms with E-state index < -0.39 is 0 Å². The van der Waals surface area contributed by atoms with Crippen LogP contribution in [-0.2, 0) is 0 Å². The molecule has 4 rings (SSSR count). The van der Waals surface area contributed by atoms with Gasteiger partial charge in [0.05, 0.1) is 11.7 Å². The Morgan fingerprint density at radius 3 is 2.68 bits per heavy atom. The van der Waals surface area contributed by atoms with Gasteiger partial charge in [0, 0.05) is 29.3 Å². The molecule has 3 aromatic rings. The van der Waals surface area contributed by atoms with Crippen LogP contribution >= 0.6 is 0 Å². The van der Waals surface area contributed by atoms with E-state index in [1.807, 2.05) is 66.9 Å². The molecule has 1 aliphatic carbocycles. The number of benzene rings is 1. The van der Waals surface area contributed by atoms with E-state index in [1.54, 1.807) is 6.20 Å². The van der Waals surface area contributed by atoms with Crippen LogP contribution in [0.15, 0.2) is 54.7 Å². The first-order valence-electron chi connectivity index (χ1n) is 9.80. The van der Waals surface area contributed by atoms with Gasteiger partial charge in [-0.2, -0.15) is 0 Å². The highest BCUT2D eigenvalue weighted by Crippen LogP contribution is 2.26. The monoisotopic (exact) mass is 375 g/mol. The Balaban J connectivity index is 1.53. The Labute approximate surface area is 165 Å². The molecule has 0 bridgehead atoms. The fraction of sp³-hybridized carbons (Fsp3) is 0.304. The molecule has 1 amide bonds. The number of rotatable bonds is 5. The lowest BCUT2D eigenvalue weighted by atomic mass is 10.2. The Kier molecular flexibility index (Phi) is 5.15. The third kappa shape index (κ3) is 3.79. The number of hydrogen-bond donors (Lipinski definition) is 1. The summed E-state index contributed by atoms with van der Waals surface area (Å²) in [5.74, 6) is 1.49. The summed E-state index contributed by atoms with van der Waals surface area (Å²) in [6.45, 7) is 3.92. The summed E-state index contributed by atoms with van der Waals surface area (Å²) >= 11 is 0. The Bertz CT molecular complexity index is 973. The van der Waals surface area contributed by atoms with Crippen molar-refractivity contribution in [1.82, 2.24) is 9.55 Å². The topological polar surface area (TPSA) is 56.1 Å². The molecule has 0 spiro atoms. The molecule has 28 heavy (non-hydrogen) atoms. The molecule has 5 nitrogen and oxygen atoms in total. The van der Waals surface area contributed by atoms with Crippen LogP contribution in [0.4, 0.5) is 5.69 Å². The molecular weight excluding hydrogens is 350 g/mol. The van der Waals surface area contributed by atoms with E-state index in [-0.39, 0.29) is 5.91 Å². The lowest BCUT2D eigenvalue weighted by Crippen LogP contribution is -2.14. The number of nitrogens with zero attached hydrogens (tertiary/aromatic N) is 2. The maximum Gasteiger partial charge on any atom is 0.257 e. The van der Waals surface area contributed by atoms with Crippen molar-refractivity contribution < 1.29 is 9.53 Å². The molecule has 144 valence electrons. The molecule has 0 unspecified atom stereocenters. The molecule has 0 aliphatic heterocycles. The number of carbonyl (C=O) groups is 1. The van der Waals surface area contributed by atoms with Crippen LogP contribution in [0.1, 0.15) is 47.4 Å². The molecule has 2 aromatic heterocycles. The number of aromatic nitrogens is 2. The molecule has 0 saturated heterocycles. The van der Waals surface area contributed by atoms with Crippen LogP contribution in [0.3, 0.4) is 0 Å². The summed E-state index contributed by atoms with van der Waals surface area (Å²) in [5, 5.41) is 3.00. The minimum Gasteiger partial charge on any atom is -0.490 e. The van der Waals surface area contributed by atoms with Gasteiger partial charge in [0.25, 0.3) is 5.91 Å². The van der Waals surface area contributed by atoms with Crippen LogP contribution in [0.25, 0.3) is 5.82 Å². The van der Waals surface area contributed by atoms with Crippen LogP contribution in [-0.4, -0.2) is 21.6 Å². The van der Waals surface area contributed by atoms with Gasteiger partial charge < -0.3 is 14.6 Å². The van der Waals surface area contributed by atoms with E-state index in [0.29, 0.717) is 11.7 Å². The predicted molar refractivity (Wildman–Crippen MR) is 110 cm³/mol. The van der Waals surface area contributed by atoms with Crippen LogP contribution in [0.2, 0.25) is 0 Å². The van der Waals surface area contributed by atoms with Gasteiger partial charge in [-0.1, -0.05) is 12.1 Å². The van der Waals surface area contributed by atoms with Gasteiger partial charge in [-0.05, 0) is 69.9 Å². The number of ether oxygens (including phenoxy) is 1. The highest BCUT2D eigenvalue weighted by molar-refractivity contribution is 6.05. The van der Waals surface area contributed by atoms with E-state index in [2.05, 4.69) is 10.3 Å². The molecule has 5 heteroatoms. The van der Waals surface area contributed by atoms with Crippen molar-refractivity contribution in [2.75, 3.05) is 5.32 Å². The second-order valence-electron chi connectivity index (χ2n) is 7.31. The minimum atomic E-state index is -0.131. The standard InChI is InChI=1S/C23H25N3O2/c1-16-14-21(17(2)26(16)22-12-5-6-13-24-22)23(27)25-18-8-7-11-20(15-18)28-19-9-3-4-10-19/h5-8,11-15,19H,3-4,9-10H2,1-2H3,(H,25,27). The summed E-state index contributed by atoms with van der Waals surface area (Å²) in [4.78, 5) is 17.3. The summed E-state index contributed by atoms with van der Waals surface area (Å²) in [6.07, 6.45) is 6.72. The summed E-state index contributed by atoms with van der Waals surface area (Å²) in [6, 6.07) is 15.3. The second kappa shape index (κ2) is 7.89. The second-order valence-corrected chi connectivity index (χ2v) is 7.31. The SMILES string of the molecule is Cc1cc(C(=O)Nc2cccc(OC3CCCC3)c2)c(C)n1-c1ccccn1. The van der Waals surface area contributed by atoms with Gasteiger partial charge in [-0.15, -0.1) is 0 Å². The molecule has 1 saturated carbocycles. The normalized spacial score (nSPS) is 14.2. The molecular formula is C23H25N3O2. The summed E-state index contributed by atoms with van der Waals surface area (Å²) < 4.78 is 8.04. The highest BCUT2D eigenvalue weighted by Gasteiger charge is 2.19. The first-order valence-corrected chi connectivity index (χ1v) is 9.80. The molecule has 1 aliphatic rings. The van der Waals surface area contributed by atoms with Crippen LogP contribution in [0.5, 0.6) is 5.75 Å². The van der Waals surface area contributed by atoms with Gasteiger partial charge in [0.2, 0.25) is 0 Å². The third-order valence-corrected chi connectivity index (χ3v) is 5.25. The van der Waals surface area contributed by atoms with Crippen molar-refractivity contribution >= 4 is 11.6 Å². The van der Waals surface area contributed by atoms with Crippen molar-refractivity contribution in [1.29, 1.82) is 0 Å². The fourth-order valence-corrected chi connectivity index (χ4v) is 3.88. The zero-order valence-electron chi connectivity index (χ0n) is 16.3. The maximum absolute atomic E-state index is 12.9. The van der Waals surface area contributed by atoms with Crippen molar-refractivity contribution in [2.45, 2.75) is 45.6 Å². The lowest BCUT2D eigenvalue weighted by molar-refractivity contribution is 0.102. The van der Waals surface area contributed by atoms with Gasteiger partial charge in [0.1, 0.15) is 11.6 Å². The molecule has 0 atom stereocenters.